The first-order valence-corrected chi connectivity index (χ1v) is 7.83. The number of likely N-dealkylation sites (N-methyl/N-ethyl adjacent to an activating group) is 1. The fourth-order valence-electron chi connectivity index (χ4n) is 1.90. The van der Waals surface area contributed by atoms with Crippen molar-refractivity contribution in [3.63, 3.8) is 0 Å². The van der Waals surface area contributed by atoms with Crippen LogP contribution in [0.15, 0.2) is 42.9 Å². The molecule has 0 fully saturated rings. The molecule has 3 aromatic rings. The van der Waals surface area contributed by atoms with E-state index in [1.807, 2.05) is 18.2 Å². The van der Waals surface area contributed by atoms with Gasteiger partial charge in [0.15, 0.2) is 5.65 Å². The normalized spacial score (nSPS) is 10.6. The topological polar surface area (TPSA) is 86.7 Å². The van der Waals surface area contributed by atoms with Crippen molar-refractivity contribution >= 4 is 17.1 Å². The predicted molar refractivity (Wildman–Crippen MR) is 95.4 cm³/mol. The SMILES string of the molecule is C[N+](C)(C)CCO.[Cl-].c1ccc(CNc2ncc3[nH]cnc3n2)cc1. The molecule has 0 aliphatic rings. The largest absolute Gasteiger partial charge is 1.00 e. The summed E-state index contributed by atoms with van der Waals surface area (Å²) in [5.41, 5.74) is 2.71. The fourth-order valence-corrected chi connectivity index (χ4v) is 1.90. The van der Waals surface area contributed by atoms with Crippen LogP contribution in [0.1, 0.15) is 5.56 Å². The predicted octanol–water partition coefficient (Wildman–Crippen LogP) is -1.35. The van der Waals surface area contributed by atoms with Crippen molar-refractivity contribution in [1.29, 1.82) is 0 Å². The van der Waals surface area contributed by atoms with Gasteiger partial charge in [-0.25, -0.2) is 9.97 Å². The Labute approximate surface area is 154 Å². The lowest BCUT2D eigenvalue weighted by Gasteiger charge is -2.21. The Kier molecular flexibility index (Phi) is 8.27. The van der Waals surface area contributed by atoms with Crippen molar-refractivity contribution in [1.82, 2.24) is 19.9 Å². The molecule has 0 spiro atoms. The van der Waals surface area contributed by atoms with Gasteiger partial charge in [0, 0.05) is 6.54 Å². The van der Waals surface area contributed by atoms with E-state index in [1.165, 1.54) is 5.56 Å². The number of halogens is 1. The molecule has 0 bridgehead atoms. The summed E-state index contributed by atoms with van der Waals surface area (Å²) in [5, 5.41) is 11.6. The maximum atomic E-state index is 8.39. The monoisotopic (exact) mass is 364 g/mol. The average Bonchev–Trinajstić information content (AvgIpc) is 3.01. The second kappa shape index (κ2) is 9.93. The molecule has 0 atom stereocenters. The number of quaternary nitrogens is 1. The number of anilines is 1. The Balaban J connectivity index is 0.000000339. The molecule has 0 saturated carbocycles. The van der Waals surface area contributed by atoms with E-state index in [9.17, 15) is 0 Å². The standard InChI is InChI=1S/C12H11N5.C5H14NO.ClH/c1-2-4-9(5-3-1)6-13-12-14-7-10-11(17-12)16-8-15-10;1-6(2,3)4-5-7;/h1-5,7-8H,6H2,(H2,13,14,15,16,17);7H,4-5H2,1-3H3;1H/q;+1;/p-1. The number of nitrogens with one attached hydrogen (secondary N) is 2. The first-order chi connectivity index (χ1) is 11.5. The fraction of sp³-hybridized carbons (Fsp3) is 0.353. The summed E-state index contributed by atoms with van der Waals surface area (Å²) in [7, 11) is 6.16. The number of aromatic nitrogens is 4. The average molecular weight is 365 g/mol. The number of fused-ring (bicyclic) bond motifs is 1. The number of nitrogens with zero attached hydrogens (tertiary/aromatic N) is 4. The quantitative estimate of drug-likeness (QED) is 0.488. The third-order valence-corrected chi connectivity index (χ3v) is 3.24. The van der Waals surface area contributed by atoms with E-state index in [4.69, 9.17) is 5.11 Å². The van der Waals surface area contributed by atoms with E-state index in [-0.39, 0.29) is 19.0 Å². The first-order valence-electron chi connectivity index (χ1n) is 7.83. The minimum atomic E-state index is 0. The minimum absolute atomic E-state index is 0. The van der Waals surface area contributed by atoms with Crippen molar-refractivity contribution < 1.29 is 22.0 Å². The van der Waals surface area contributed by atoms with Gasteiger partial charge in [0.1, 0.15) is 12.1 Å². The van der Waals surface area contributed by atoms with Crippen LogP contribution < -0.4 is 17.7 Å². The number of aliphatic hydroxyl groups is 1. The lowest BCUT2D eigenvalue weighted by molar-refractivity contribution is -0.870. The molecule has 7 nitrogen and oxygen atoms in total. The van der Waals surface area contributed by atoms with Crippen LogP contribution >= 0.6 is 0 Å². The summed E-state index contributed by atoms with van der Waals surface area (Å²) in [5.74, 6) is 0.591. The summed E-state index contributed by atoms with van der Waals surface area (Å²) in [6.45, 7) is 1.82. The molecule has 0 radical (unpaired) electrons. The van der Waals surface area contributed by atoms with E-state index >= 15 is 0 Å². The van der Waals surface area contributed by atoms with Gasteiger partial charge in [-0.2, -0.15) is 4.98 Å². The molecule has 3 N–H and O–H groups in total. The lowest BCUT2D eigenvalue weighted by Crippen LogP contribution is -3.00. The zero-order valence-corrected chi connectivity index (χ0v) is 15.5. The molecule has 1 aromatic carbocycles. The van der Waals surface area contributed by atoms with Gasteiger partial charge in [-0.05, 0) is 5.56 Å². The molecule has 0 saturated heterocycles. The summed E-state index contributed by atoms with van der Waals surface area (Å²) in [4.78, 5) is 15.5. The highest BCUT2D eigenvalue weighted by molar-refractivity contribution is 5.69. The summed E-state index contributed by atoms with van der Waals surface area (Å²) >= 11 is 0. The van der Waals surface area contributed by atoms with Crippen LogP contribution in [0.25, 0.3) is 11.2 Å². The number of H-pyrrole nitrogens is 1. The van der Waals surface area contributed by atoms with Crippen LogP contribution in [0.3, 0.4) is 0 Å². The summed E-state index contributed by atoms with van der Waals surface area (Å²) in [6, 6.07) is 10.1. The van der Waals surface area contributed by atoms with Gasteiger partial charge in [0.25, 0.3) is 0 Å². The molecule has 8 heteroatoms. The molecule has 136 valence electrons. The molecule has 0 aliphatic carbocycles. The van der Waals surface area contributed by atoms with E-state index < -0.39 is 0 Å². The van der Waals surface area contributed by atoms with Crippen LogP contribution in [0.4, 0.5) is 5.95 Å². The maximum Gasteiger partial charge on any atom is 0.225 e. The van der Waals surface area contributed by atoms with Crippen molar-refractivity contribution in [2.24, 2.45) is 0 Å². The molecular formula is C17H25ClN6O. The summed E-state index contributed by atoms with van der Waals surface area (Å²) in [6.07, 6.45) is 3.34. The lowest BCUT2D eigenvalue weighted by atomic mass is 10.2. The van der Waals surface area contributed by atoms with Gasteiger partial charge in [0.05, 0.1) is 40.3 Å². The summed E-state index contributed by atoms with van der Waals surface area (Å²) < 4.78 is 0.844. The molecule has 0 unspecified atom stereocenters. The number of aliphatic hydroxyl groups excluding tert-OH is 1. The molecule has 2 heterocycles. The van der Waals surface area contributed by atoms with E-state index in [1.54, 1.807) is 12.5 Å². The second-order valence-electron chi connectivity index (χ2n) is 6.41. The number of hydrogen-bond donors (Lipinski definition) is 3. The Morgan fingerprint density at radius 2 is 1.84 bits per heavy atom. The minimum Gasteiger partial charge on any atom is -1.00 e. The number of rotatable bonds is 5. The third-order valence-electron chi connectivity index (χ3n) is 3.24. The van der Waals surface area contributed by atoms with E-state index in [0.29, 0.717) is 18.1 Å². The van der Waals surface area contributed by atoms with Crippen LogP contribution in [0, 0.1) is 0 Å². The number of benzene rings is 1. The maximum absolute atomic E-state index is 8.39. The molecule has 0 amide bonds. The Morgan fingerprint density at radius 3 is 2.44 bits per heavy atom. The van der Waals surface area contributed by atoms with Crippen LogP contribution in [0.5, 0.6) is 0 Å². The molecule has 2 aromatic heterocycles. The van der Waals surface area contributed by atoms with Gasteiger partial charge in [-0.1, -0.05) is 30.3 Å². The first kappa shape index (κ1) is 20.8. The highest BCUT2D eigenvalue weighted by Gasteiger charge is 2.02. The van der Waals surface area contributed by atoms with Crippen molar-refractivity contribution in [3.8, 4) is 0 Å². The molecular weight excluding hydrogens is 340 g/mol. The van der Waals surface area contributed by atoms with Gasteiger partial charge in [0.2, 0.25) is 5.95 Å². The van der Waals surface area contributed by atoms with Crippen LogP contribution in [-0.2, 0) is 6.54 Å². The van der Waals surface area contributed by atoms with E-state index in [0.717, 1.165) is 16.5 Å². The van der Waals surface area contributed by atoms with Crippen LogP contribution in [0.2, 0.25) is 0 Å². The Morgan fingerprint density at radius 1 is 1.12 bits per heavy atom. The van der Waals surface area contributed by atoms with Crippen molar-refractivity contribution in [2.45, 2.75) is 6.54 Å². The highest BCUT2D eigenvalue weighted by atomic mass is 35.5. The smallest absolute Gasteiger partial charge is 0.225 e. The van der Waals surface area contributed by atoms with Gasteiger partial charge >= 0.3 is 0 Å². The Bertz CT molecular complexity index is 741. The van der Waals surface area contributed by atoms with Gasteiger partial charge in [-0.3, -0.25) is 0 Å². The zero-order chi connectivity index (χ0) is 17.4. The Hall–Kier alpha value is -2.22. The zero-order valence-electron chi connectivity index (χ0n) is 14.8. The van der Waals surface area contributed by atoms with Crippen LogP contribution in [-0.4, -0.2) is 63.8 Å². The van der Waals surface area contributed by atoms with Gasteiger partial charge in [-0.15, -0.1) is 0 Å². The molecule has 25 heavy (non-hydrogen) atoms. The third kappa shape index (κ3) is 7.47. The number of aromatic amines is 1. The van der Waals surface area contributed by atoms with Crippen molar-refractivity contribution in [2.75, 3.05) is 39.6 Å². The molecule has 0 aliphatic heterocycles. The highest BCUT2D eigenvalue weighted by Crippen LogP contribution is 2.08. The molecule has 3 rings (SSSR count). The van der Waals surface area contributed by atoms with E-state index in [2.05, 4.69) is 58.5 Å². The number of hydrogen-bond acceptors (Lipinski definition) is 5. The number of imidazole rings is 1. The second-order valence-corrected chi connectivity index (χ2v) is 6.41. The van der Waals surface area contributed by atoms with Crippen molar-refractivity contribution in [3.05, 3.63) is 48.4 Å². The van der Waals surface area contributed by atoms with Gasteiger partial charge < -0.3 is 32.3 Å².